The Hall–Kier alpha value is -1.81. The molecule has 2 aromatic rings. The van der Waals surface area contributed by atoms with Crippen molar-refractivity contribution in [2.24, 2.45) is 0 Å². The molecule has 0 bridgehead atoms. The van der Waals surface area contributed by atoms with Crippen LogP contribution in [0.25, 0.3) is 0 Å². The summed E-state index contributed by atoms with van der Waals surface area (Å²) in [4.78, 5) is 0. The number of methoxy groups -OCH3 is 1. The second kappa shape index (κ2) is 7.10. The molecule has 108 valence electrons. The highest BCUT2D eigenvalue weighted by atomic mass is 16.5. The molecular weight excluding hydrogens is 250 g/mol. The Kier molecular flexibility index (Phi) is 5.18. The van der Waals surface area contributed by atoms with Crippen LogP contribution in [0.3, 0.4) is 0 Å². The van der Waals surface area contributed by atoms with Gasteiger partial charge in [-0.15, -0.1) is 0 Å². The number of nitrogens with one attached hydrogen (secondary N) is 1. The third-order valence-corrected chi connectivity index (χ3v) is 3.55. The third-order valence-electron chi connectivity index (χ3n) is 3.55. The van der Waals surface area contributed by atoms with Crippen LogP contribution in [-0.2, 0) is 13.1 Å². The van der Waals surface area contributed by atoms with E-state index in [1.165, 1.54) is 11.3 Å². The molecule has 0 aliphatic heterocycles. The van der Waals surface area contributed by atoms with E-state index in [1.54, 1.807) is 7.11 Å². The molecule has 0 saturated heterocycles. The number of nitrogens with zero attached hydrogens (tertiary/aromatic N) is 2. The van der Waals surface area contributed by atoms with Crippen molar-refractivity contribution in [1.29, 1.82) is 0 Å². The zero-order valence-corrected chi connectivity index (χ0v) is 12.5. The van der Waals surface area contributed by atoms with Crippen LogP contribution >= 0.6 is 0 Å². The van der Waals surface area contributed by atoms with Crippen molar-refractivity contribution in [2.75, 3.05) is 7.11 Å². The zero-order chi connectivity index (χ0) is 14.4. The molecule has 1 heterocycles. The molecule has 2 rings (SSSR count). The summed E-state index contributed by atoms with van der Waals surface area (Å²) in [5, 5.41) is 7.85. The van der Waals surface area contributed by atoms with Crippen molar-refractivity contribution in [3.8, 4) is 5.75 Å². The first-order chi connectivity index (χ1) is 9.74. The van der Waals surface area contributed by atoms with Crippen molar-refractivity contribution >= 4 is 0 Å². The van der Waals surface area contributed by atoms with Crippen molar-refractivity contribution in [2.45, 2.75) is 39.4 Å². The van der Waals surface area contributed by atoms with Gasteiger partial charge < -0.3 is 10.1 Å². The predicted molar refractivity (Wildman–Crippen MR) is 80.8 cm³/mol. The van der Waals surface area contributed by atoms with Crippen LogP contribution in [0.5, 0.6) is 5.75 Å². The first-order valence-corrected chi connectivity index (χ1v) is 7.10. The second-order valence-corrected chi connectivity index (χ2v) is 4.98. The Balaban J connectivity index is 1.87. The lowest BCUT2D eigenvalue weighted by atomic mass is 10.2. The van der Waals surface area contributed by atoms with Gasteiger partial charge in [0.2, 0.25) is 0 Å². The van der Waals surface area contributed by atoms with E-state index in [0.717, 1.165) is 25.3 Å². The van der Waals surface area contributed by atoms with Crippen LogP contribution in [0.4, 0.5) is 0 Å². The van der Waals surface area contributed by atoms with E-state index >= 15 is 0 Å². The molecule has 1 aromatic heterocycles. The fraction of sp³-hybridized carbons (Fsp3) is 0.438. The van der Waals surface area contributed by atoms with Crippen molar-refractivity contribution in [3.63, 3.8) is 0 Å². The van der Waals surface area contributed by atoms with Crippen LogP contribution in [0.2, 0.25) is 0 Å². The highest BCUT2D eigenvalue weighted by Crippen LogP contribution is 2.13. The van der Waals surface area contributed by atoms with Gasteiger partial charge in [-0.25, -0.2) is 0 Å². The summed E-state index contributed by atoms with van der Waals surface area (Å²) in [6, 6.07) is 10.7. The molecule has 1 N–H and O–H groups in total. The monoisotopic (exact) mass is 273 g/mol. The van der Waals surface area contributed by atoms with Gasteiger partial charge in [0, 0.05) is 25.3 Å². The highest BCUT2D eigenvalue weighted by Gasteiger charge is 2.07. The maximum absolute atomic E-state index is 5.15. The number of aromatic nitrogens is 2. The molecule has 1 atom stereocenters. The summed E-state index contributed by atoms with van der Waals surface area (Å²) < 4.78 is 7.25. The van der Waals surface area contributed by atoms with Crippen LogP contribution in [0.1, 0.15) is 37.6 Å². The van der Waals surface area contributed by atoms with Crippen molar-refractivity contribution in [1.82, 2.24) is 15.1 Å². The summed E-state index contributed by atoms with van der Waals surface area (Å²) >= 11 is 0. The summed E-state index contributed by atoms with van der Waals surface area (Å²) in [5.41, 5.74) is 2.48. The van der Waals surface area contributed by atoms with Crippen LogP contribution in [-0.4, -0.2) is 16.9 Å². The summed E-state index contributed by atoms with van der Waals surface area (Å²) in [6.45, 7) is 6.05. The number of hydrogen-bond donors (Lipinski definition) is 1. The predicted octanol–water partition coefficient (Wildman–Crippen LogP) is 3.15. The molecule has 4 heteroatoms. The van der Waals surface area contributed by atoms with Crippen molar-refractivity contribution < 1.29 is 4.74 Å². The van der Waals surface area contributed by atoms with E-state index in [9.17, 15) is 0 Å². The van der Waals surface area contributed by atoms with Gasteiger partial charge in [-0.05, 0) is 37.1 Å². The lowest BCUT2D eigenvalue weighted by Gasteiger charge is -2.14. The Bertz CT molecular complexity index is 519. The summed E-state index contributed by atoms with van der Waals surface area (Å²) in [7, 11) is 1.68. The molecule has 4 nitrogen and oxygen atoms in total. The van der Waals surface area contributed by atoms with Crippen LogP contribution < -0.4 is 10.1 Å². The molecule has 0 spiro atoms. The topological polar surface area (TPSA) is 39.1 Å². The quantitative estimate of drug-likeness (QED) is 0.842. The minimum Gasteiger partial charge on any atom is -0.497 e. The largest absolute Gasteiger partial charge is 0.497 e. The van der Waals surface area contributed by atoms with E-state index in [-0.39, 0.29) is 0 Å². The van der Waals surface area contributed by atoms with Gasteiger partial charge >= 0.3 is 0 Å². The first-order valence-electron chi connectivity index (χ1n) is 7.10. The molecule has 0 fully saturated rings. The Morgan fingerprint density at radius 2 is 1.95 bits per heavy atom. The molecule has 0 amide bonds. The number of ether oxygens (including phenoxy) is 1. The fourth-order valence-corrected chi connectivity index (χ4v) is 2.13. The number of benzene rings is 1. The van der Waals surface area contributed by atoms with Gasteiger partial charge in [0.05, 0.1) is 12.8 Å². The van der Waals surface area contributed by atoms with E-state index < -0.39 is 0 Å². The van der Waals surface area contributed by atoms with Gasteiger partial charge in [-0.1, -0.05) is 19.1 Å². The van der Waals surface area contributed by atoms with E-state index in [4.69, 9.17) is 4.74 Å². The molecule has 0 radical (unpaired) electrons. The van der Waals surface area contributed by atoms with E-state index in [1.807, 2.05) is 18.3 Å². The number of hydrogen-bond acceptors (Lipinski definition) is 3. The molecule has 1 unspecified atom stereocenters. The summed E-state index contributed by atoms with van der Waals surface area (Å²) in [6.07, 6.45) is 2.96. The third kappa shape index (κ3) is 3.61. The molecule has 0 aliphatic rings. The molecular formula is C16H23N3O. The van der Waals surface area contributed by atoms with Gasteiger partial charge in [0.25, 0.3) is 0 Å². The second-order valence-electron chi connectivity index (χ2n) is 4.98. The lowest BCUT2D eigenvalue weighted by Crippen LogP contribution is -2.18. The minimum atomic E-state index is 0.447. The van der Waals surface area contributed by atoms with Gasteiger partial charge in [0.1, 0.15) is 5.75 Å². The van der Waals surface area contributed by atoms with Crippen LogP contribution in [0.15, 0.2) is 36.5 Å². The highest BCUT2D eigenvalue weighted by molar-refractivity contribution is 5.27. The maximum atomic E-state index is 5.15. The Morgan fingerprint density at radius 3 is 2.60 bits per heavy atom. The minimum absolute atomic E-state index is 0.447. The van der Waals surface area contributed by atoms with Gasteiger partial charge in [-0.3, -0.25) is 4.68 Å². The standard InChI is InChI=1S/C16H23N3O/c1-4-13(2)19-15(9-10-18-19)12-17-11-14-5-7-16(20-3)8-6-14/h5-10,13,17H,4,11-12H2,1-3H3. The van der Waals surface area contributed by atoms with Crippen molar-refractivity contribution in [3.05, 3.63) is 47.8 Å². The van der Waals surface area contributed by atoms with Gasteiger partial charge in [-0.2, -0.15) is 5.10 Å². The Morgan fingerprint density at radius 1 is 1.20 bits per heavy atom. The first kappa shape index (κ1) is 14.6. The van der Waals surface area contributed by atoms with Crippen LogP contribution in [0, 0.1) is 0 Å². The fourth-order valence-electron chi connectivity index (χ4n) is 2.13. The molecule has 0 aliphatic carbocycles. The zero-order valence-electron chi connectivity index (χ0n) is 12.5. The Labute approximate surface area is 120 Å². The SMILES string of the molecule is CCC(C)n1nccc1CNCc1ccc(OC)cc1. The lowest BCUT2D eigenvalue weighted by molar-refractivity contribution is 0.414. The summed E-state index contributed by atoms with van der Waals surface area (Å²) in [5.74, 6) is 0.892. The number of rotatable bonds is 7. The average molecular weight is 273 g/mol. The van der Waals surface area contributed by atoms with Gasteiger partial charge in [0.15, 0.2) is 0 Å². The normalized spacial score (nSPS) is 12.3. The molecule has 20 heavy (non-hydrogen) atoms. The molecule has 0 saturated carbocycles. The maximum Gasteiger partial charge on any atom is 0.118 e. The molecule has 1 aromatic carbocycles. The van der Waals surface area contributed by atoms with E-state index in [0.29, 0.717) is 6.04 Å². The average Bonchev–Trinajstić information content (AvgIpc) is 2.95. The smallest absolute Gasteiger partial charge is 0.118 e. The van der Waals surface area contributed by atoms with E-state index in [2.05, 4.69) is 47.1 Å².